The molecule has 0 aromatic heterocycles. The van der Waals surface area contributed by atoms with Crippen molar-refractivity contribution in [3.63, 3.8) is 0 Å². The van der Waals surface area contributed by atoms with Crippen molar-refractivity contribution < 1.29 is 18.0 Å². The van der Waals surface area contributed by atoms with Crippen LogP contribution in [0.1, 0.15) is 13.8 Å². The fraction of sp³-hybridized carbons (Fsp3) is 0.333. The van der Waals surface area contributed by atoms with E-state index in [0.717, 1.165) is 12.3 Å². The highest BCUT2D eigenvalue weighted by Crippen LogP contribution is 2.24. The summed E-state index contributed by atoms with van der Waals surface area (Å²) in [5.74, 6) is -1.40. The molecule has 0 spiro atoms. The standard InChI is InChI=1S/C9H10O4S/c1-5-4-7(10)8(11)6(2)9(5)14(3,12)13/h4H,1-3H3. The van der Waals surface area contributed by atoms with E-state index in [2.05, 4.69) is 0 Å². The summed E-state index contributed by atoms with van der Waals surface area (Å²) in [6, 6.07) is 0. The number of hydrogen-bond donors (Lipinski definition) is 0. The summed E-state index contributed by atoms with van der Waals surface area (Å²) in [7, 11) is -3.44. The third kappa shape index (κ3) is 1.68. The second-order valence-corrected chi connectivity index (χ2v) is 5.20. The number of Topliss-reactive ketones (excluding diaryl/α,β-unsaturated/α-hetero) is 1. The Balaban J connectivity index is 3.51. The Bertz CT molecular complexity index is 477. The van der Waals surface area contributed by atoms with Gasteiger partial charge in [0, 0.05) is 11.8 Å². The zero-order chi connectivity index (χ0) is 11.1. The normalized spacial score (nSPS) is 18.6. The average Bonchev–Trinajstić information content (AvgIpc) is 1.97. The Hall–Kier alpha value is -1.23. The number of hydrogen-bond acceptors (Lipinski definition) is 4. The maximum Gasteiger partial charge on any atom is 0.229 e. The molecule has 1 aliphatic carbocycles. The molecule has 0 aliphatic heterocycles. The Morgan fingerprint density at radius 3 is 2.07 bits per heavy atom. The Morgan fingerprint density at radius 2 is 1.64 bits per heavy atom. The predicted molar refractivity (Wildman–Crippen MR) is 51.3 cm³/mol. The van der Waals surface area contributed by atoms with Gasteiger partial charge in [-0.15, -0.1) is 0 Å². The van der Waals surface area contributed by atoms with E-state index in [4.69, 9.17) is 0 Å². The zero-order valence-electron chi connectivity index (χ0n) is 8.12. The molecule has 1 aliphatic rings. The molecule has 0 aromatic carbocycles. The zero-order valence-corrected chi connectivity index (χ0v) is 8.94. The van der Waals surface area contributed by atoms with E-state index in [1.807, 2.05) is 0 Å². The van der Waals surface area contributed by atoms with Crippen LogP contribution in [-0.2, 0) is 19.4 Å². The topological polar surface area (TPSA) is 68.3 Å². The molecule has 0 aromatic rings. The SMILES string of the molecule is CC1=CC(=O)C(=O)C(C)=C1S(C)(=O)=O. The third-order valence-corrected chi connectivity index (χ3v) is 3.35. The van der Waals surface area contributed by atoms with Gasteiger partial charge in [0.2, 0.25) is 11.6 Å². The molecule has 0 N–H and O–H groups in total. The van der Waals surface area contributed by atoms with Gasteiger partial charge in [-0.1, -0.05) is 0 Å². The summed E-state index contributed by atoms with van der Waals surface area (Å²) in [6.45, 7) is 2.86. The van der Waals surface area contributed by atoms with Crippen molar-refractivity contribution in [3.05, 3.63) is 22.1 Å². The van der Waals surface area contributed by atoms with Crippen molar-refractivity contribution in [1.82, 2.24) is 0 Å². The first-order valence-electron chi connectivity index (χ1n) is 3.93. The van der Waals surface area contributed by atoms with Crippen LogP contribution < -0.4 is 0 Å². The van der Waals surface area contributed by atoms with Crippen LogP contribution in [0.15, 0.2) is 22.1 Å². The van der Waals surface area contributed by atoms with Crippen LogP contribution in [-0.4, -0.2) is 26.2 Å². The van der Waals surface area contributed by atoms with E-state index in [0.29, 0.717) is 5.57 Å². The van der Waals surface area contributed by atoms with Gasteiger partial charge in [0.15, 0.2) is 9.84 Å². The van der Waals surface area contributed by atoms with Crippen LogP contribution in [0.4, 0.5) is 0 Å². The highest BCUT2D eigenvalue weighted by molar-refractivity contribution is 7.94. The van der Waals surface area contributed by atoms with Crippen LogP contribution in [0, 0.1) is 0 Å². The fourth-order valence-electron chi connectivity index (χ4n) is 1.48. The largest absolute Gasteiger partial charge is 0.286 e. The van der Waals surface area contributed by atoms with Crippen LogP contribution in [0.5, 0.6) is 0 Å². The van der Waals surface area contributed by atoms with Crippen LogP contribution >= 0.6 is 0 Å². The maximum absolute atomic E-state index is 11.3. The average molecular weight is 214 g/mol. The molecule has 0 amide bonds. The van der Waals surface area contributed by atoms with Crippen LogP contribution in [0.3, 0.4) is 0 Å². The summed E-state index contributed by atoms with van der Waals surface area (Å²) in [5.41, 5.74) is 0.340. The molecule has 0 unspecified atom stereocenters. The highest BCUT2D eigenvalue weighted by Gasteiger charge is 2.28. The lowest BCUT2D eigenvalue weighted by Crippen LogP contribution is -2.22. The van der Waals surface area contributed by atoms with Gasteiger partial charge in [-0.2, -0.15) is 0 Å². The molecule has 0 radical (unpaired) electrons. The summed E-state index contributed by atoms with van der Waals surface area (Å²) < 4.78 is 22.6. The molecule has 0 fully saturated rings. The first kappa shape index (κ1) is 10.8. The number of sulfone groups is 1. The van der Waals surface area contributed by atoms with E-state index in [1.54, 1.807) is 0 Å². The highest BCUT2D eigenvalue weighted by atomic mass is 32.2. The van der Waals surface area contributed by atoms with Gasteiger partial charge in [-0.3, -0.25) is 9.59 Å². The van der Waals surface area contributed by atoms with Crippen LogP contribution in [0.25, 0.3) is 0 Å². The van der Waals surface area contributed by atoms with E-state index in [1.165, 1.54) is 13.8 Å². The lowest BCUT2D eigenvalue weighted by molar-refractivity contribution is -0.131. The van der Waals surface area contributed by atoms with Crippen molar-refractivity contribution in [2.24, 2.45) is 0 Å². The van der Waals surface area contributed by atoms with Crippen molar-refractivity contribution in [2.45, 2.75) is 13.8 Å². The number of carbonyl (C=O) groups excluding carboxylic acids is 2. The molecule has 0 heterocycles. The Labute approximate surface area is 82.2 Å². The van der Waals surface area contributed by atoms with Crippen molar-refractivity contribution in [2.75, 3.05) is 6.26 Å². The molecule has 0 saturated carbocycles. The molecule has 1 rings (SSSR count). The summed E-state index contributed by atoms with van der Waals surface area (Å²) in [5, 5.41) is 0. The fourth-order valence-corrected chi connectivity index (χ4v) is 2.77. The molecule has 5 heteroatoms. The minimum atomic E-state index is -3.44. The van der Waals surface area contributed by atoms with Gasteiger partial charge in [0.05, 0.1) is 4.91 Å². The smallest absolute Gasteiger partial charge is 0.229 e. The molecule has 0 saturated heterocycles. The summed E-state index contributed by atoms with van der Waals surface area (Å²) in [4.78, 5) is 22.2. The minimum absolute atomic E-state index is 0.0116. The Kier molecular flexibility index (Phi) is 2.45. The van der Waals surface area contributed by atoms with E-state index in [9.17, 15) is 18.0 Å². The molecule has 4 nitrogen and oxygen atoms in total. The molecule has 0 bridgehead atoms. The van der Waals surface area contributed by atoms with Gasteiger partial charge in [-0.05, 0) is 25.5 Å². The third-order valence-electron chi connectivity index (χ3n) is 1.98. The van der Waals surface area contributed by atoms with Crippen molar-refractivity contribution >= 4 is 21.4 Å². The monoisotopic (exact) mass is 214 g/mol. The first-order chi connectivity index (χ1) is 6.25. The van der Waals surface area contributed by atoms with Gasteiger partial charge in [0.1, 0.15) is 0 Å². The predicted octanol–water partition coefficient (Wildman–Crippen LogP) is 0.403. The van der Waals surface area contributed by atoms with E-state index < -0.39 is 21.4 Å². The van der Waals surface area contributed by atoms with Crippen LogP contribution in [0.2, 0.25) is 0 Å². The number of carbonyl (C=O) groups is 2. The Morgan fingerprint density at radius 1 is 1.14 bits per heavy atom. The molecule has 76 valence electrons. The second kappa shape index (κ2) is 3.16. The molecular weight excluding hydrogens is 204 g/mol. The van der Waals surface area contributed by atoms with Gasteiger partial charge >= 0.3 is 0 Å². The minimum Gasteiger partial charge on any atom is -0.286 e. The van der Waals surface area contributed by atoms with Gasteiger partial charge in [-0.25, -0.2) is 8.42 Å². The number of rotatable bonds is 1. The van der Waals surface area contributed by atoms with E-state index >= 15 is 0 Å². The summed E-state index contributed by atoms with van der Waals surface area (Å²) in [6.07, 6.45) is 2.08. The lowest BCUT2D eigenvalue weighted by Gasteiger charge is -2.13. The second-order valence-electron chi connectivity index (χ2n) is 3.25. The van der Waals surface area contributed by atoms with E-state index in [-0.39, 0.29) is 10.5 Å². The quantitative estimate of drug-likeness (QED) is 0.468. The first-order valence-corrected chi connectivity index (χ1v) is 5.82. The van der Waals surface area contributed by atoms with Gasteiger partial charge < -0.3 is 0 Å². The molecule has 14 heavy (non-hydrogen) atoms. The lowest BCUT2D eigenvalue weighted by atomic mass is 9.99. The van der Waals surface area contributed by atoms with Crippen molar-refractivity contribution in [3.8, 4) is 0 Å². The molecule has 0 atom stereocenters. The van der Waals surface area contributed by atoms with Crippen molar-refractivity contribution in [1.29, 1.82) is 0 Å². The maximum atomic E-state index is 11.3. The van der Waals surface area contributed by atoms with Gasteiger partial charge in [0.25, 0.3) is 0 Å². The number of allylic oxidation sites excluding steroid dienone is 3. The number of ketones is 2. The summed E-state index contributed by atoms with van der Waals surface area (Å²) >= 11 is 0. The molecular formula is C9H10O4S.